The summed E-state index contributed by atoms with van der Waals surface area (Å²) in [5, 5.41) is 2.59. The molecule has 0 aliphatic carbocycles. The minimum Gasteiger partial charge on any atom is -0.497 e. The molecule has 0 atom stereocenters. The predicted molar refractivity (Wildman–Crippen MR) is 84.4 cm³/mol. The summed E-state index contributed by atoms with van der Waals surface area (Å²) in [5.74, 6) is 0.294. The molecule has 8 heteroatoms. The summed E-state index contributed by atoms with van der Waals surface area (Å²) in [4.78, 5) is 36.1. The number of aromatic nitrogens is 2. The normalized spacial score (nSPS) is 10.3. The second-order valence-corrected chi connectivity index (χ2v) is 4.82. The second kappa shape index (κ2) is 6.39. The van der Waals surface area contributed by atoms with Crippen LogP contribution in [0.2, 0.25) is 0 Å². The number of nitrogens with one attached hydrogen (secondary N) is 1. The molecule has 23 heavy (non-hydrogen) atoms. The summed E-state index contributed by atoms with van der Waals surface area (Å²) in [6, 6.07) is 4.89. The van der Waals surface area contributed by atoms with Crippen LogP contribution in [0.1, 0.15) is 10.4 Å². The lowest BCUT2D eigenvalue weighted by Gasteiger charge is -2.12. The van der Waals surface area contributed by atoms with Gasteiger partial charge in [-0.25, -0.2) is 4.79 Å². The number of carbonyl (C=O) groups excluding carboxylic acids is 1. The lowest BCUT2D eigenvalue weighted by atomic mass is 10.2. The van der Waals surface area contributed by atoms with Gasteiger partial charge in [0.15, 0.2) is 0 Å². The zero-order chi connectivity index (χ0) is 17.1. The standard InChI is InChI=1S/C15H17N3O5/c1-17-8-10(14(20)18(2)15(17)21)13(19)16-11-7-9(22-3)5-6-12(11)23-4/h5-8H,1-4H3,(H,16,19). The van der Waals surface area contributed by atoms with Crippen molar-refractivity contribution in [2.45, 2.75) is 0 Å². The summed E-state index contributed by atoms with van der Waals surface area (Å²) >= 11 is 0. The number of rotatable bonds is 4. The van der Waals surface area contributed by atoms with Crippen LogP contribution in [0.25, 0.3) is 0 Å². The fourth-order valence-corrected chi connectivity index (χ4v) is 2.07. The number of anilines is 1. The van der Waals surface area contributed by atoms with Crippen LogP contribution in [-0.4, -0.2) is 29.3 Å². The van der Waals surface area contributed by atoms with E-state index in [1.165, 1.54) is 39.1 Å². The molecule has 2 aromatic rings. The largest absolute Gasteiger partial charge is 0.497 e. The number of aryl methyl sites for hydroxylation is 1. The molecule has 1 aromatic carbocycles. The van der Waals surface area contributed by atoms with Crippen molar-refractivity contribution in [1.82, 2.24) is 9.13 Å². The molecule has 1 heterocycles. The van der Waals surface area contributed by atoms with Gasteiger partial charge in [-0.15, -0.1) is 0 Å². The summed E-state index contributed by atoms with van der Waals surface area (Å²) in [6.07, 6.45) is 1.20. The summed E-state index contributed by atoms with van der Waals surface area (Å²) in [6.45, 7) is 0. The van der Waals surface area contributed by atoms with E-state index in [1.54, 1.807) is 18.2 Å². The maximum atomic E-state index is 12.4. The number of hydrogen-bond donors (Lipinski definition) is 1. The first-order valence-corrected chi connectivity index (χ1v) is 6.69. The third-order valence-electron chi connectivity index (χ3n) is 3.35. The van der Waals surface area contributed by atoms with Crippen LogP contribution < -0.4 is 26.0 Å². The maximum absolute atomic E-state index is 12.4. The highest BCUT2D eigenvalue weighted by Gasteiger charge is 2.17. The Morgan fingerprint density at radius 2 is 1.83 bits per heavy atom. The first-order chi connectivity index (χ1) is 10.9. The summed E-state index contributed by atoms with van der Waals surface area (Å²) in [5.41, 5.74) is -0.981. The molecule has 2 rings (SSSR count). The van der Waals surface area contributed by atoms with Crippen LogP contribution in [0.4, 0.5) is 5.69 Å². The van der Waals surface area contributed by atoms with E-state index in [-0.39, 0.29) is 5.56 Å². The molecule has 1 amide bonds. The van der Waals surface area contributed by atoms with Crippen molar-refractivity contribution in [2.75, 3.05) is 19.5 Å². The van der Waals surface area contributed by atoms with E-state index >= 15 is 0 Å². The Balaban J connectivity index is 2.44. The molecule has 0 fully saturated rings. The van der Waals surface area contributed by atoms with Crippen LogP contribution in [0.5, 0.6) is 11.5 Å². The van der Waals surface area contributed by atoms with E-state index in [4.69, 9.17) is 9.47 Å². The van der Waals surface area contributed by atoms with E-state index in [0.717, 1.165) is 4.57 Å². The Morgan fingerprint density at radius 1 is 1.13 bits per heavy atom. The Labute approximate surface area is 131 Å². The van der Waals surface area contributed by atoms with Crippen molar-refractivity contribution < 1.29 is 14.3 Å². The SMILES string of the molecule is COc1ccc(OC)c(NC(=O)c2cn(C)c(=O)n(C)c2=O)c1. The molecule has 1 aromatic heterocycles. The highest BCUT2D eigenvalue weighted by molar-refractivity contribution is 6.04. The first-order valence-electron chi connectivity index (χ1n) is 6.69. The van der Waals surface area contributed by atoms with Gasteiger partial charge in [0.2, 0.25) is 0 Å². The zero-order valence-electron chi connectivity index (χ0n) is 13.2. The third-order valence-corrected chi connectivity index (χ3v) is 3.35. The van der Waals surface area contributed by atoms with Gasteiger partial charge in [-0.2, -0.15) is 0 Å². The molecule has 8 nitrogen and oxygen atoms in total. The molecule has 0 unspecified atom stereocenters. The first kappa shape index (κ1) is 16.3. The quantitative estimate of drug-likeness (QED) is 0.878. The predicted octanol–water partition coefficient (Wildman–Crippen LogP) is 0.353. The van der Waals surface area contributed by atoms with Crippen molar-refractivity contribution in [1.29, 1.82) is 0 Å². The number of ether oxygens (including phenoxy) is 2. The van der Waals surface area contributed by atoms with Crippen molar-refractivity contribution in [2.24, 2.45) is 14.1 Å². The monoisotopic (exact) mass is 319 g/mol. The van der Waals surface area contributed by atoms with Crippen LogP contribution in [0.3, 0.4) is 0 Å². The Hall–Kier alpha value is -3.03. The van der Waals surface area contributed by atoms with Crippen molar-refractivity contribution >= 4 is 11.6 Å². The molecule has 1 N–H and O–H groups in total. The lowest BCUT2D eigenvalue weighted by Crippen LogP contribution is -2.40. The molecule has 122 valence electrons. The minimum absolute atomic E-state index is 0.153. The average Bonchev–Trinajstić information content (AvgIpc) is 2.55. The van der Waals surface area contributed by atoms with E-state index in [0.29, 0.717) is 17.2 Å². The van der Waals surface area contributed by atoms with E-state index in [2.05, 4.69) is 5.32 Å². The van der Waals surface area contributed by atoms with Gasteiger partial charge >= 0.3 is 5.69 Å². The molecule has 0 bridgehead atoms. The number of nitrogens with zero attached hydrogens (tertiary/aromatic N) is 2. The Kier molecular flexibility index (Phi) is 4.54. The molecule has 0 saturated carbocycles. The van der Waals surface area contributed by atoms with Crippen molar-refractivity contribution in [3.63, 3.8) is 0 Å². The fourth-order valence-electron chi connectivity index (χ4n) is 2.07. The molecule has 0 aliphatic rings. The molecule has 0 spiro atoms. The smallest absolute Gasteiger partial charge is 0.330 e. The van der Waals surface area contributed by atoms with Gasteiger partial charge in [0, 0.05) is 26.4 Å². The van der Waals surface area contributed by atoms with Gasteiger partial charge in [-0.1, -0.05) is 0 Å². The molecule has 0 aliphatic heterocycles. The van der Waals surface area contributed by atoms with Gasteiger partial charge in [0.05, 0.1) is 19.9 Å². The molecular weight excluding hydrogens is 302 g/mol. The summed E-state index contributed by atoms with van der Waals surface area (Å²) < 4.78 is 12.3. The third kappa shape index (κ3) is 3.10. The molecule has 0 radical (unpaired) electrons. The van der Waals surface area contributed by atoms with Gasteiger partial charge in [0.1, 0.15) is 17.1 Å². The average molecular weight is 319 g/mol. The second-order valence-electron chi connectivity index (χ2n) is 4.82. The maximum Gasteiger partial charge on any atom is 0.330 e. The number of carbonyl (C=O) groups is 1. The Bertz CT molecular complexity index is 866. The highest BCUT2D eigenvalue weighted by Crippen LogP contribution is 2.29. The van der Waals surface area contributed by atoms with Crippen LogP contribution in [0.15, 0.2) is 34.0 Å². The van der Waals surface area contributed by atoms with Crippen LogP contribution in [-0.2, 0) is 14.1 Å². The van der Waals surface area contributed by atoms with Crippen molar-refractivity contribution in [3.8, 4) is 11.5 Å². The van der Waals surface area contributed by atoms with Crippen LogP contribution >= 0.6 is 0 Å². The van der Waals surface area contributed by atoms with Gasteiger partial charge in [0.25, 0.3) is 11.5 Å². The number of benzene rings is 1. The number of hydrogen-bond acceptors (Lipinski definition) is 5. The number of amides is 1. The molecular formula is C15H17N3O5. The Morgan fingerprint density at radius 3 is 2.43 bits per heavy atom. The number of methoxy groups -OCH3 is 2. The minimum atomic E-state index is -0.674. The molecule has 0 saturated heterocycles. The van der Waals surface area contributed by atoms with Gasteiger partial charge < -0.3 is 19.4 Å². The van der Waals surface area contributed by atoms with E-state index in [9.17, 15) is 14.4 Å². The summed E-state index contributed by atoms with van der Waals surface area (Å²) in [7, 11) is 5.73. The highest BCUT2D eigenvalue weighted by atomic mass is 16.5. The van der Waals surface area contributed by atoms with Crippen LogP contribution in [0, 0.1) is 0 Å². The van der Waals surface area contributed by atoms with E-state index < -0.39 is 17.2 Å². The van der Waals surface area contributed by atoms with Gasteiger partial charge in [-0.05, 0) is 12.1 Å². The lowest BCUT2D eigenvalue weighted by molar-refractivity contribution is 0.102. The van der Waals surface area contributed by atoms with Gasteiger partial charge in [-0.3, -0.25) is 14.2 Å². The zero-order valence-corrected chi connectivity index (χ0v) is 13.2. The van der Waals surface area contributed by atoms with Crippen molar-refractivity contribution in [3.05, 3.63) is 50.8 Å². The van der Waals surface area contributed by atoms with E-state index in [1.807, 2.05) is 0 Å². The fraction of sp³-hybridized carbons (Fsp3) is 0.267. The topological polar surface area (TPSA) is 91.6 Å².